The van der Waals surface area contributed by atoms with Crippen molar-refractivity contribution in [3.8, 4) is 0 Å². The summed E-state index contributed by atoms with van der Waals surface area (Å²) in [5.41, 5.74) is -0.265. The molecule has 5 nitrogen and oxygen atoms in total. The minimum atomic E-state index is -0.890. The summed E-state index contributed by atoms with van der Waals surface area (Å²) in [4.78, 5) is 18.6. The van der Waals surface area contributed by atoms with Gasteiger partial charge in [0.25, 0.3) is 0 Å². The van der Waals surface area contributed by atoms with Crippen molar-refractivity contribution >= 4 is 35.0 Å². The van der Waals surface area contributed by atoms with Gasteiger partial charge >= 0.3 is 5.97 Å². The van der Waals surface area contributed by atoms with E-state index in [4.69, 9.17) is 28.3 Å². The van der Waals surface area contributed by atoms with Gasteiger partial charge in [0.15, 0.2) is 0 Å². The van der Waals surface area contributed by atoms with E-state index in [9.17, 15) is 4.79 Å². The number of hydrogen-bond donors (Lipinski definition) is 2. The van der Waals surface area contributed by atoms with Crippen LogP contribution in [0.5, 0.6) is 0 Å². The number of aromatic nitrogens is 2. The van der Waals surface area contributed by atoms with Crippen LogP contribution in [0.2, 0.25) is 10.3 Å². The zero-order chi connectivity index (χ0) is 13.9. The summed E-state index contributed by atoms with van der Waals surface area (Å²) in [6, 6.07) is -0.321. The molecule has 0 aliphatic rings. The fourth-order valence-electron chi connectivity index (χ4n) is 1.36. The lowest BCUT2D eigenvalue weighted by atomic mass is 9.85. The third kappa shape index (κ3) is 4.31. The smallest absolute Gasteiger partial charge is 0.305 e. The highest BCUT2D eigenvalue weighted by atomic mass is 35.5. The molecule has 0 aliphatic carbocycles. The van der Waals surface area contributed by atoms with Crippen molar-refractivity contribution in [2.75, 3.05) is 5.32 Å². The van der Waals surface area contributed by atoms with Crippen LogP contribution >= 0.6 is 23.2 Å². The number of carboxylic acids is 1. The van der Waals surface area contributed by atoms with Crippen molar-refractivity contribution in [3.05, 3.63) is 16.5 Å². The zero-order valence-electron chi connectivity index (χ0n) is 10.4. The van der Waals surface area contributed by atoms with Crippen LogP contribution in [0.1, 0.15) is 27.2 Å². The highest BCUT2D eigenvalue weighted by Gasteiger charge is 2.27. The van der Waals surface area contributed by atoms with E-state index in [1.807, 2.05) is 20.8 Å². The molecule has 100 valence electrons. The van der Waals surface area contributed by atoms with Crippen molar-refractivity contribution < 1.29 is 9.90 Å². The molecule has 1 atom stereocenters. The monoisotopic (exact) mass is 291 g/mol. The first-order valence-corrected chi connectivity index (χ1v) is 6.12. The van der Waals surface area contributed by atoms with Crippen LogP contribution in [0.3, 0.4) is 0 Å². The van der Waals surface area contributed by atoms with E-state index in [0.29, 0.717) is 10.8 Å². The Kier molecular flexibility index (Phi) is 4.76. The van der Waals surface area contributed by atoms with Gasteiger partial charge in [-0.15, -0.1) is 0 Å². The standard InChI is InChI=1S/C11H15Cl2N3O2/c1-11(2,3)7(4-8(17)18)15-9-6(12)5-14-10(13)16-9/h5,7H,4H2,1-3H3,(H,17,18)(H,14,15,16). The number of nitrogens with zero attached hydrogens (tertiary/aromatic N) is 2. The van der Waals surface area contributed by atoms with Crippen LogP contribution in [0.4, 0.5) is 5.82 Å². The molecule has 0 spiro atoms. The molecule has 0 amide bonds. The molecule has 0 radical (unpaired) electrons. The maximum Gasteiger partial charge on any atom is 0.305 e. The predicted molar refractivity (Wildman–Crippen MR) is 71.2 cm³/mol. The lowest BCUT2D eigenvalue weighted by Gasteiger charge is -2.31. The molecular weight excluding hydrogens is 277 g/mol. The van der Waals surface area contributed by atoms with Crippen molar-refractivity contribution in [1.82, 2.24) is 9.97 Å². The van der Waals surface area contributed by atoms with Gasteiger partial charge in [0.2, 0.25) is 5.28 Å². The average Bonchev–Trinajstić information content (AvgIpc) is 2.20. The largest absolute Gasteiger partial charge is 0.481 e. The van der Waals surface area contributed by atoms with Crippen molar-refractivity contribution in [2.24, 2.45) is 5.41 Å². The van der Waals surface area contributed by atoms with Crippen LogP contribution < -0.4 is 5.32 Å². The van der Waals surface area contributed by atoms with Gasteiger partial charge < -0.3 is 10.4 Å². The Bertz CT molecular complexity index is 446. The summed E-state index contributed by atoms with van der Waals surface area (Å²) in [6.07, 6.45) is 1.33. The summed E-state index contributed by atoms with van der Waals surface area (Å²) in [6.45, 7) is 5.80. The van der Waals surface area contributed by atoms with E-state index in [2.05, 4.69) is 15.3 Å². The molecule has 0 fully saturated rings. The van der Waals surface area contributed by atoms with Gasteiger partial charge in [-0.1, -0.05) is 32.4 Å². The van der Waals surface area contributed by atoms with Gasteiger partial charge in [0.1, 0.15) is 10.8 Å². The lowest BCUT2D eigenvalue weighted by Crippen LogP contribution is -2.36. The molecule has 1 unspecified atom stereocenters. The van der Waals surface area contributed by atoms with E-state index in [1.54, 1.807) is 0 Å². The van der Waals surface area contributed by atoms with Crippen molar-refractivity contribution in [2.45, 2.75) is 33.2 Å². The molecule has 0 saturated heterocycles. The maximum absolute atomic E-state index is 10.9. The summed E-state index contributed by atoms with van der Waals surface area (Å²) < 4.78 is 0. The SMILES string of the molecule is CC(C)(C)C(CC(=O)O)Nc1nc(Cl)ncc1Cl. The first kappa shape index (κ1) is 15.0. The van der Waals surface area contributed by atoms with Crippen LogP contribution in [-0.2, 0) is 4.79 Å². The van der Waals surface area contributed by atoms with Crippen molar-refractivity contribution in [1.29, 1.82) is 0 Å². The Balaban J connectivity index is 2.96. The maximum atomic E-state index is 10.9. The van der Waals surface area contributed by atoms with Gasteiger partial charge in [-0.3, -0.25) is 4.79 Å². The zero-order valence-corrected chi connectivity index (χ0v) is 11.9. The Labute approximate surface area is 116 Å². The van der Waals surface area contributed by atoms with Crippen LogP contribution in [0.15, 0.2) is 6.20 Å². The Morgan fingerprint density at radius 3 is 2.61 bits per heavy atom. The summed E-state index contributed by atoms with van der Waals surface area (Å²) >= 11 is 11.6. The minimum Gasteiger partial charge on any atom is -0.481 e. The van der Waals surface area contributed by atoms with E-state index < -0.39 is 5.97 Å². The predicted octanol–water partition coefficient (Wildman–Crippen LogP) is 3.08. The molecule has 0 aliphatic heterocycles. The van der Waals surface area contributed by atoms with Gasteiger partial charge in [0, 0.05) is 6.04 Å². The lowest BCUT2D eigenvalue weighted by molar-refractivity contribution is -0.137. The summed E-state index contributed by atoms with van der Waals surface area (Å²) in [7, 11) is 0. The van der Waals surface area contributed by atoms with Crippen molar-refractivity contribution in [3.63, 3.8) is 0 Å². The average molecular weight is 292 g/mol. The molecule has 18 heavy (non-hydrogen) atoms. The summed E-state index contributed by atoms with van der Waals surface area (Å²) in [5, 5.41) is 12.3. The van der Waals surface area contributed by atoms with Gasteiger partial charge in [-0.05, 0) is 17.0 Å². The Hall–Kier alpha value is -1.07. The second-order valence-corrected chi connectivity index (χ2v) is 5.74. The molecular formula is C11H15Cl2N3O2. The second-order valence-electron chi connectivity index (χ2n) is 5.00. The third-order valence-electron chi connectivity index (χ3n) is 2.45. The number of halogens is 2. The number of hydrogen-bond acceptors (Lipinski definition) is 4. The van der Waals surface area contributed by atoms with E-state index in [1.165, 1.54) is 6.20 Å². The van der Waals surface area contributed by atoms with E-state index >= 15 is 0 Å². The van der Waals surface area contributed by atoms with Gasteiger partial charge in [0.05, 0.1) is 12.6 Å². The van der Waals surface area contributed by atoms with Crippen LogP contribution in [0.25, 0.3) is 0 Å². The molecule has 0 saturated carbocycles. The van der Waals surface area contributed by atoms with Crippen LogP contribution in [-0.4, -0.2) is 27.1 Å². The fourth-order valence-corrected chi connectivity index (χ4v) is 1.64. The molecule has 2 N–H and O–H groups in total. The number of carbonyl (C=O) groups is 1. The van der Waals surface area contributed by atoms with E-state index in [0.717, 1.165) is 0 Å². The Morgan fingerprint density at radius 2 is 2.11 bits per heavy atom. The van der Waals surface area contributed by atoms with Gasteiger partial charge in [-0.25, -0.2) is 4.98 Å². The number of carboxylic acid groups (broad SMARTS) is 1. The normalized spacial score (nSPS) is 13.2. The molecule has 1 aromatic rings. The van der Waals surface area contributed by atoms with Crippen LogP contribution in [0, 0.1) is 5.41 Å². The second kappa shape index (κ2) is 5.71. The quantitative estimate of drug-likeness (QED) is 0.834. The van der Waals surface area contributed by atoms with Gasteiger partial charge in [-0.2, -0.15) is 4.98 Å². The molecule has 1 rings (SSSR count). The number of nitrogens with one attached hydrogen (secondary N) is 1. The molecule has 1 heterocycles. The fraction of sp³-hybridized carbons (Fsp3) is 0.545. The number of aliphatic carboxylic acids is 1. The first-order valence-electron chi connectivity index (χ1n) is 5.36. The first-order chi connectivity index (χ1) is 8.20. The molecule has 0 bridgehead atoms. The highest BCUT2D eigenvalue weighted by molar-refractivity contribution is 6.33. The summed E-state index contributed by atoms with van der Waals surface area (Å²) in [5.74, 6) is -0.545. The Morgan fingerprint density at radius 1 is 1.50 bits per heavy atom. The third-order valence-corrected chi connectivity index (χ3v) is 2.91. The molecule has 7 heteroatoms. The van der Waals surface area contributed by atoms with E-state index in [-0.39, 0.29) is 23.2 Å². The number of rotatable bonds is 4. The molecule has 0 aromatic carbocycles. The minimum absolute atomic E-state index is 0.0402. The topological polar surface area (TPSA) is 75.1 Å². The highest BCUT2D eigenvalue weighted by Crippen LogP contribution is 2.28. The number of anilines is 1. The molecule has 1 aromatic heterocycles.